The fourth-order valence-corrected chi connectivity index (χ4v) is 4.45. The molecule has 0 saturated carbocycles. The van der Waals surface area contributed by atoms with Crippen LogP contribution in [-0.4, -0.2) is 72.0 Å². The van der Waals surface area contributed by atoms with E-state index in [1.165, 1.54) is 5.56 Å². The van der Waals surface area contributed by atoms with E-state index in [4.69, 9.17) is 18.9 Å². The standard InChI is InChI=1S/C28H37N3O5/c1-21-14-22(2)23(3)26(15-21)36-20-28(32)18-30(10-12-34-19-28)17-24-6-7-25(27(16-24)33-4)35-13-11-31-9-5-8-29-31/h5-9,14-16,32H,10-13,17-20H2,1-4H3. The summed E-state index contributed by atoms with van der Waals surface area (Å²) in [5, 5.41) is 15.6. The van der Waals surface area contributed by atoms with E-state index in [-0.39, 0.29) is 13.2 Å². The highest BCUT2D eigenvalue weighted by Crippen LogP contribution is 2.29. The molecule has 1 aliphatic heterocycles. The summed E-state index contributed by atoms with van der Waals surface area (Å²) in [5.41, 5.74) is 3.37. The zero-order valence-corrected chi connectivity index (χ0v) is 21.7. The predicted octanol–water partition coefficient (Wildman–Crippen LogP) is 3.54. The molecule has 1 fully saturated rings. The summed E-state index contributed by atoms with van der Waals surface area (Å²) in [6.07, 6.45) is 3.66. The Hall–Kier alpha value is -3.07. The van der Waals surface area contributed by atoms with E-state index < -0.39 is 5.60 Å². The van der Waals surface area contributed by atoms with Crippen LogP contribution < -0.4 is 14.2 Å². The van der Waals surface area contributed by atoms with Crippen LogP contribution in [0.2, 0.25) is 0 Å². The Labute approximate surface area is 213 Å². The molecular formula is C28H37N3O5. The molecule has 1 atom stereocenters. The van der Waals surface area contributed by atoms with Crippen molar-refractivity contribution in [1.29, 1.82) is 0 Å². The molecule has 1 N–H and O–H groups in total. The summed E-state index contributed by atoms with van der Waals surface area (Å²) in [4.78, 5) is 2.19. The fraction of sp³-hybridized carbons (Fsp3) is 0.464. The van der Waals surface area contributed by atoms with Gasteiger partial charge in [-0.3, -0.25) is 9.58 Å². The molecule has 1 saturated heterocycles. The predicted molar refractivity (Wildman–Crippen MR) is 138 cm³/mol. The summed E-state index contributed by atoms with van der Waals surface area (Å²) in [7, 11) is 1.64. The van der Waals surface area contributed by atoms with Gasteiger partial charge in [0.2, 0.25) is 0 Å². The van der Waals surface area contributed by atoms with Gasteiger partial charge in [-0.1, -0.05) is 12.1 Å². The summed E-state index contributed by atoms with van der Waals surface area (Å²) >= 11 is 0. The largest absolute Gasteiger partial charge is 0.493 e. The number of benzene rings is 2. The number of ether oxygens (including phenoxy) is 4. The van der Waals surface area contributed by atoms with Crippen molar-refractivity contribution in [3.8, 4) is 17.2 Å². The van der Waals surface area contributed by atoms with Crippen LogP contribution >= 0.6 is 0 Å². The van der Waals surface area contributed by atoms with Crippen LogP contribution in [0.25, 0.3) is 0 Å². The minimum atomic E-state index is -1.11. The van der Waals surface area contributed by atoms with Crippen molar-refractivity contribution >= 4 is 0 Å². The molecule has 8 nitrogen and oxygen atoms in total. The number of aromatic nitrogens is 2. The topological polar surface area (TPSA) is 78.2 Å². The van der Waals surface area contributed by atoms with Crippen molar-refractivity contribution in [2.45, 2.75) is 39.5 Å². The number of methoxy groups -OCH3 is 1. The normalized spacial score (nSPS) is 18.6. The van der Waals surface area contributed by atoms with Crippen molar-refractivity contribution in [1.82, 2.24) is 14.7 Å². The van der Waals surface area contributed by atoms with E-state index in [9.17, 15) is 5.11 Å². The quantitative estimate of drug-likeness (QED) is 0.461. The lowest BCUT2D eigenvalue weighted by atomic mass is 10.0. The van der Waals surface area contributed by atoms with Gasteiger partial charge in [0.15, 0.2) is 11.5 Å². The Morgan fingerprint density at radius 2 is 1.94 bits per heavy atom. The summed E-state index contributed by atoms with van der Waals surface area (Å²) in [6.45, 7) is 10.1. The fourth-order valence-electron chi connectivity index (χ4n) is 4.45. The second kappa shape index (κ2) is 11.8. The zero-order valence-electron chi connectivity index (χ0n) is 21.7. The number of hydrogen-bond acceptors (Lipinski definition) is 7. The molecule has 0 amide bonds. The highest BCUT2D eigenvalue weighted by molar-refractivity contribution is 5.43. The van der Waals surface area contributed by atoms with Gasteiger partial charge in [-0.05, 0) is 67.3 Å². The van der Waals surface area contributed by atoms with Gasteiger partial charge in [0.1, 0.15) is 24.6 Å². The van der Waals surface area contributed by atoms with Gasteiger partial charge in [-0.2, -0.15) is 5.10 Å². The number of hydrogen-bond donors (Lipinski definition) is 1. The van der Waals surface area contributed by atoms with Crippen LogP contribution in [0.1, 0.15) is 22.3 Å². The molecule has 36 heavy (non-hydrogen) atoms. The molecule has 8 heteroatoms. The first-order valence-corrected chi connectivity index (χ1v) is 12.4. The Kier molecular flexibility index (Phi) is 8.51. The van der Waals surface area contributed by atoms with Crippen LogP contribution in [0.15, 0.2) is 48.8 Å². The molecule has 0 aliphatic carbocycles. The van der Waals surface area contributed by atoms with Crippen LogP contribution in [0, 0.1) is 20.8 Å². The third kappa shape index (κ3) is 6.78. The third-order valence-electron chi connectivity index (χ3n) is 6.47. The van der Waals surface area contributed by atoms with Gasteiger partial charge in [-0.15, -0.1) is 0 Å². The monoisotopic (exact) mass is 495 g/mol. The van der Waals surface area contributed by atoms with Gasteiger partial charge >= 0.3 is 0 Å². The molecule has 1 aromatic heterocycles. The Morgan fingerprint density at radius 1 is 1.08 bits per heavy atom. The first kappa shape index (κ1) is 26.0. The maximum Gasteiger partial charge on any atom is 0.161 e. The molecule has 3 aromatic rings. The average molecular weight is 496 g/mol. The van der Waals surface area contributed by atoms with Gasteiger partial charge in [0.05, 0.1) is 26.9 Å². The first-order chi connectivity index (χ1) is 17.3. The number of β-amino-alcohol motifs (C(OH)–C–C–N with tert-alkyl or cyclic N) is 1. The Bertz CT molecular complexity index is 1130. The van der Waals surface area contributed by atoms with Crippen LogP contribution in [0.4, 0.5) is 0 Å². The minimum absolute atomic E-state index is 0.166. The lowest BCUT2D eigenvalue weighted by Gasteiger charge is -2.31. The Morgan fingerprint density at radius 3 is 2.72 bits per heavy atom. The van der Waals surface area contributed by atoms with E-state index in [1.807, 2.05) is 48.1 Å². The maximum atomic E-state index is 11.4. The van der Waals surface area contributed by atoms with Gasteiger partial charge in [-0.25, -0.2) is 0 Å². The van der Waals surface area contributed by atoms with Crippen molar-refractivity contribution in [2.24, 2.45) is 0 Å². The van der Waals surface area contributed by atoms with Gasteiger partial charge < -0.3 is 24.1 Å². The number of aliphatic hydroxyl groups is 1. The van der Waals surface area contributed by atoms with Gasteiger partial charge in [0, 0.05) is 32.0 Å². The Balaban J connectivity index is 1.37. The SMILES string of the molecule is COc1cc(CN2CCOCC(O)(COc3cc(C)cc(C)c3C)C2)ccc1OCCn1cccn1. The van der Waals surface area contributed by atoms with E-state index in [1.54, 1.807) is 13.3 Å². The molecule has 1 aliphatic rings. The molecule has 4 rings (SSSR count). The molecule has 0 spiro atoms. The molecule has 2 heterocycles. The van der Waals surface area contributed by atoms with Crippen LogP contribution in [0.3, 0.4) is 0 Å². The van der Waals surface area contributed by atoms with E-state index in [0.717, 1.165) is 29.0 Å². The summed E-state index contributed by atoms with van der Waals surface area (Å²) < 4.78 is 25.2. The second-order valence-electron chi connectivity index (χ2n) is 9.58. The second-order valence-corrected chi connectivity index (χ2v) is 9.58. The van der Waals surface area contributed by atoms with Crippen molar-refractivity contribution < 1.29 is 24.1 Å². The van der Waals surface area contributed by atoms with Gasteiger partial charge in [0.25, 0.3) is 0 Å². The van der Waals surface area contributed by atoms with E-state index in [2.05, 4.69) is 29.9 Å². The molecule has 1 unspecified atom stereocenters. The maximum absolute atomic E-state index is 11.4. The summed E-state index contributed by atoms with van der Waals surface area (Å²) in [6, 6.07) is 12.0. The highest BCUT2D eigenvalue weighted by atomic mass is 16.5. The minimum Gasteiger partial charge on any atom is -0.493 e. The third-order valence-corrected chi connectivity index (χ3v) is 6.47. The van der Waals surface area contributed by atoms with E-state index >= 15 is 0 Å². The molecular weight excluding hydrogens is 458 g/mol. The highest BCUT2D eigenvalue weighted by Gasteiger charge is 2.34. The molecule has 0 radical (unpaired) electrons. The zero-order chi connectivity index (χ0) is 25.5. The number of rotatable bonds is 10. The molecule has 194 valence electrons. The van der Waals surface area contributed by atoms with Crippen molar-refractivity contribution in [3.63, 3.8) is 0 Å². The lowest BCUT2D eigenvalue weighted by molar-refractivity contribution is -0.0648. The van der Waals surface area contributed by atoms with Crippen molar-refractivity contribution in [2.75, 3.05) is 46.6 Å². The van der Waals surface area contributed by atoms with Crippen LogP contribution in [0.5, 0.6) is 17.2 Å². The van der Waals surface area contributed by atoms with Crippen LogP contribution in [-0.2, 0) is 17.8 Å². The number of nitrogens with zero attached hydrogens (tertiary/aromatic N) is 3. The first-order valence-electron chi connectivity index (χ1n) is 12.4. The van der Waals surface area contributed by atoms with E-state index in [0.29, 0.717) is 44.3 Å². The molecule has 2 aromatic carbocycles. The molecule has 0 bridgehead atoms. The average Bonchev–Trinajstić information content (AvgIpc) is 3.30. The smallest absolute Gasteiger partial charge is 0.161 e. The number of aryl methyl sites for hydroxylation is 2. The summed E-state index contributed by atoms with van der Waals surface area (Å²) in [5.74, 6) is 2.19. The van der Waals surface area contributed by atoms with Crippen molar-refractivity contribution in [3.05, 3.63) is 71.0 Å². The lowest BCUT2D eigenvalue weighted by Crippen LogP contribution is -2.48.